The smallest absolute Gasteiger partial charge is 0.344 e. The van der Waals surface area contributed by atoms with E-state index in [0.29, 0.717) is 16.7 Å². The van der Waals surface area contributed by atoms with Crippen LogP contribution in [0, 0.1) is 6.92 Å². The van der Waals surface area contributed by atoms with Crippen molar-refractivity contribution in [1.82, 2.24) is 15.0 Å². The molecule has 3 heterocycles. The molecule has 0 bridgehead atoms. The highest BCUT2D eigenvalue weighted by atomic mass is 32.1. The molecule has 0 atom stereocenters. The zero-order chi connectivity index (χ0) is 20.6. The van der Waals surface area contributed by atoms with Gasteiger partial charge in [0.1, 0.15) is 5.65 Å². The maximum Gasteiger partial charge on any atom is 0.416 e. The van der Waals surface area contributed by atoms with Gasteiger partial charge in [-0.05, 0) is 37.3 Å². The minimum absolute atomic E-state index is 0.245. The van der Waals surface area contributed by atoms with Crippen LogP contribution in [0.1, 0.15) is 10.6 Å². The zero-order valence-electron chi connectivity index (χ0n) is 15.0. The number of rotatable bonds is 3. The van der Waals surface area contributed by atoms with Gasteiger partial charge in [0, 0.05) is 35.2 Å². The number of nitrogens with one attached hydrogen (secondary N) is 3. The highest BCUT2D eigenvalue weighted by Gasteiger charge is 2.30. The largest absolute Gasteiger partial charge is 0.416 e. The quantitative estimate of drug-likeness (QED) is 0.402. The number of aromatic nitrogens is 3. The van der Waals surface area contributed by atoms with Crippen LogP contribution in [0.25, 0.3) is 21.5 Å². The van der Waals surface area contributed by atoms with Gasteiger partial charge in [0.25, 0.3) is 0 Å². The van der Waals surface area contributed by atoms with Crippen molar-refractivity contribution < 1.29 is 18.0 Å². The number of aromatic amines is 1. The molecule has 3 aromatic heterocycles. The summed E-state index contributed by atoms with van der Waals surface area (Å²) >= 11 is 1.54. The number of carbonyl (C=O) groups is 1. The summed E-state index contributed by atoms with van der Waals surface area (Å²) in [6.45, 7) is 1.91. The molecule has 4 aromatic rings. The van der Waals surface area contributed by atoms with E-state index in [9.17, 15) is 18.0 Å². The summed E-state index contributed by atoms with van der Waals surface area (Å²) in [5, 5.41) is 6.84. The molecule has 4 rings (SSSR count). The summed E-state index contributed by atoms with van der Waals surface area (Å²) in [6.07, 6.45) is 0.662. The minimum atomic E-state index is -4.42. The molecule has 0 radical (unpaired) electrons. The molecular formula is C19H14F3N5OS. The van der Waals surface area contributed by atoms with E-state index in [2.05, 4.69) is 25.6 Å². The van der Waals surface area contributed by atoms with Crippen molar-refractivity contribution in [1.29, 1.82) is 0 Å². The monoisotopic (exact) mass is 417 g/mol. The topological polar surface area (TPSA) is 82.7 Å². The maximum absolute atomic E-state index is 12.6. The molecule has 6 nitrogen and oxygen atoms in total. The van der Waals surface area contributed by atoms with Gasteiger partial charge < -0.3 is 15.6 Å². The SMILES string of the molecule is Cc1ncc(-c2cnc3[nH]cc(NC(=O)Nc4ccc(C(F)(F)F)cc4)c3c2)s1. The number of carbonyl (C=O) groups excluding carboxylic acids is 1. The van der Waals surface area contributed by atoms with Crippen LogP contribution in [0.5, 0.6) is 0 Å². The first-order valence-corrected chi connectivity index (χ1v) is 9.26. The Hall–Kier alpha value is -3.40. The Morgan fingerprint density at radius 3 is 2.52 bits per heavy atom. The second-order valence-corrected chi connectivity index (χ2v) is 7.46. The van der Waals surface area contributed by atoms with Gasteiger partial charge in [-0.1, -0.05) is 0 Å². The molecule has 0 aliphatic heterocycles. The van der Waals surface area contributed by atoms with Crippen molar-refractivity contribution in [2.75, 3.05) is 10.6 Å². The summed E-state index contributed by atoms with van der Waals surface area (Å²) in [4.78, 5) is 24.8. The number of alkyl halides is 3. The second-order valence-electron chi connectivity index (χ2n) is 6.22. The lowest BCUT2D eigenvalue weighted by atomic mass is 10.2. The van der Waals surface area contributed by atoms with E-state index in [0.717, 1.165) is 27.6 Å². The Morgan fingerprint density at radius 1 is 1.10 bits per heavy atom. The summed E-state index contributed by atoms with van der Waals surface area (Å²) in [5.74, 6) is 0. The van der Waals surface area contributed by atoms with Gasteiger partial charge in [0.2, 0.25) is 0 Å². The molecule has 29 heavy (non-hydrogen) atoms. The fourth-order valence-electron chi connectivity index (χ4n) is 2.76. The number of thiazole rings is 1. The summed E-state index contributed by atoms with van der Waals surface area (Å²) < 4.78 is 37.9. The fraction of sp³-hybridized carbons (Fsp3) is 0.105. The van der Waals surface area contributed by atoms with Gasteiger partial charge in [-0.2, -0.15) is 13.2 Å². The van der Waals surface area contributed by atoms with Crippen LogP contribution >= 0.6 is 11.3 Å². The maximum atomic E-state index is 12.6. The molecule has 0 aliphatic rings. The molecule has 0 unspecified atom stereocenters. The number of pyridine rings is 1. The van der Waals surface area contributed by atoms with Crippen molar-refractivity contribution in [3.05, 3.63) is 59.5 Å². The third-order valence-electron chi connectivity index (χ3n) is 4.16. The number of hydrogen-bond donors (Lipinski definition) is 3. The van der Waals surface area contributed by atoms with E-state index in [-0.39, 0.29) is 5.69 Å². The van der Waals surface area contributed by atoms with E-state index < -0.39 is 17.8 Å². The molecular weight excluding hydrogens is 403 g/mol. The normalized spacial score (nSPS) is 11.6. The van der Waals surface area contributed by atoms with Crippen LogP contribution in [-0.4, -0.2) is 21.0 Å². The van der Waals surface area contributed by atoms with Gasteiger partial charge in [0.15, 0.2) is 0 Å². The molecule has 0 spiro atoms. The average Bonchev–Trinajstić information content (AvgIpc) is 3.27. The predicted octanol–water partition coefficient (Wildman–Crippen LogP) is 5.66. The Labute approximate surface area is 166 Å². The molecule has 3 N–H and O–H groups in total. The number of anilines is 2. The predicted molar refractivity (Wildman–Crippen MR) is 106 cm³/mol. The summed E-state index contributed by atoms with van der Waals surface area (Å²) in [5.41, 5.74) is 1.43. The first-order chi connectivity index (χ1) is 13.8. The average molecular weight is 417 g/mol. The Balaban J connectivity index is 1.52. The van der Waals surface area contributed by atoms with Crippen LogP contribution in [-0.2, 0) is 6.18 Å². The number of hydrogen-bond acceptors (Lipinski definition) is 4. The van der Waals surface area contributed by atoms with E-state index >= 15 is 0 Å². The lowest BCUT2D eigenvalue weighted by molar-refractivity contribution is -0.137. The first kappa shape index (κ1) is 18.9. The van der Waals surface area contributed by atoms with Crippen LogP contribution in [0.15, 0.2) is 48.9 Å². The molecule has 148 valence electrons. The standard InChI is InChI=1S/C19H14F3N5OS/c1-10-23-9-16(29-10)11-6-14-15(8-25-17(14)24-7-11)27-18(28)26-13-4-2-12(3-5-13)19(20,21)22/h2-9H,1H3,(H,24,25)(H2,26,27,28). The van der Waals surface area contributed by atoms with Crippen LogP contribution in [0.4, 0.5) is 29.3 Å². The van der Waals surface area contributed by atoms with Gasteiger partial charge in [0.05, 0.1) is 21.1 Å². The summed E-state index contributed by atoms with van der Waals surface area (Å²) in [6, 6.07) is 5.53. The third kappa shape index (κ3) is 4.06. The number of urea groups is 1. The van der Waals surface area contributed by atoms with Crippen molar-refractivity contribution >= 4 is 39.8 Å². The highest BCUT2D eigenvalue weighted by Crippen LogP contribution is 2.31. The van der Waals surface area contributed by atoms with Gasteiger partial charge in [-0.25, -0.2) is 14.8 Å². The first-order valence-electron chi connectivity index (χ1n) is 8.45. The lowest BCUT2D eigenvalue weighted by Crippen LogP contribution is -2.19. The van der Waals surface area contributed by atoms with E-state index in [1.165, 1.54) is 23.5 Å². The molecule has 10 heteroatoms. The third-order valence-corrected chi connectivity index (χ3v) is 5.12. The van der Waals surface area contributed by atoms with Gasteiger partial charge in [-0.15, -0.1) is 11.3 Å². The number of benzene rings is 1. The molecule has 0 saturated carbocycles. The highest BCUT2D eigenvalue weighted by molar-refractivity contribution is 7.15. The van der Waals surface area contributed by atoms with Crippen molar-refractivity contribution in [3.8, 4) is 10.4 Å². The van der Waals surface area contributed by atoms with Crippen LogP contribution in [0.2, 0.25) is 0 Å². The number of amides is 2. The Morgan fingerprint density at radius 2 is 1.86 bits per heavy atom. The molecule has 2 amide bonds. The number of nitrogens with zero attached hydrogens (tertiary/aromatic N) is 2. The van der Waals surface area contributed by atoms with E-state index in [4.69, 9.17) is 0 Å². The van der Waals surface area contributed by atoms with Crippen molar-refractivity contribution in [3.63, 3.8) is 0 Å². The molecule has 0 aliphatic carbocycles. The van der Waals surface area contributed by atoms with Crippen LogP contribution < -0.4 is 10.6 Å². The molecule has 1 aromatic carbocycles. The van der Waals surface area contributed by atoms with Gasteiger partial charge >= 0.3 is 12.2 Å². The van der Waals surface area contributed by atoms with Crippen molar-refractivity contribution in [2.45, 2.75) is 13.1 Å². The Kier molecular flexibility index (Phi) is 4.71. The zero-order valence-corrected chi connectivity index (χ0v) is 15.8. The lowest BCUT2D eigenvalue weighted by Gasteiger charge is -2.09. The van der Waals surface area contributed by atoms with Crippen LogP contribution in [0.3, 0.4) is 0 Å². The fourth-order valence-corrected chi connectivity index (χ4v) is 3.52. The van der Waals surface area contributed by atoms with E-state index in [1.54, 1.807) is 18.6 Å². The van der Waals surface area contributed by atoms with Gasteiger partial charge in [-0.3, -0.25) is 0 Å². The van der Waals surface area contributed by atoms with E-state index in [1.807, 2.05) is 13.0 Å². The number of halogens is 3. The Bertz CT molecular complexity index is 1180. The number of fused-ring (bicyclic) bond motifs is 1. The molecule has 0 saturated heterocycles. The van der Waals surface area contributed by atoms with Crippen molar-refractivity contribution in [2.24, 2.45) is 0 Å². The number of H-pyrrole nitrogens is 1. The second kappa shape index (κ2) is 7.21. The summed E-state index contributed by atoms with van der Waals surface area (Å²) in [7, 11) is 0. The minimum Gasteiger partial charge on any atom is -0.344 e. The molecule has 0 fully saturated rings. The number of aryl methyl sites for hydroxylation is 1.